The standard InChI is InChI=1S/C15H22F3N5O3S.HI/c1-19-14(21-10-11-3-4-13(26-2)20-9-11)22-12-5-7-23(8-6-12)27(24,25)15(16,17)18;/h3-4,9,12H,5-8,10H2,1-2H3,(H2,19,21,22);1H. The van der Waals surface area contributed by atoms with Crippen LogP contribution in [-0.4, -0.2) is 62.5 Å². The summed E-state index contributed by atoms with van der Waals surface area (Å²) in [5.74, 6) is 0.977. The van der Waals surface area contributed by atoms with E-state index in [2.05, 4.69) is 20.6 Å². The summed E-state index contributed by atoms with van der Waals surface area (Å²) in [4.78, 5) is 8.17. The van der Waals surface area contributed by atoms with E-state index in [4.69, 9.17) is 4.74 Å². The highest BCUT2D eigenvalue weighted by Gasteiger charge is 2.50. The van der Waals surface area contributed by atoms with Gasteiger partial charge in [-0.2, -0.15) is 17.5 Å². The van der Waals surface area contributed by atoms with Crippen LogP contribution in [0.5, 0.6) is 5.88 Å². The van der Waals surface area contributed by atoms with Gasteiger partial charge in [-0.1, -0.05) is 6.07 Å². The number of guanidine groups is 1. The molecule has 1 aromatic heterocycles. The molecule has 2 N–H and O–H groups in total. The van der Waals surface area contributed by atoms with Crippen molar-refractivity contribution in [2.45, 2.75) is 30.9 Å². The Hall–Kier alpha value is -1.35. The molecular formula is C15H23F3IN5O3S. The molecule has 0 spiro atoms. The summed E-state index contributed by atoms with van der Waals surface area (Å²) >= 11 is 0. The minimum absolute atomic E-state index is 0. The van der Waals surface area contributed by atoms with Crippen LogP contribution in [0, 0.1) is 0 Å². The molecular weight excluding hydrogens is 514 g/mol. The highest BCUT2D eigenvalue weighted by molar-refractivity contribution is 14.0. The summed E-state index contributed by atoms with van der Waals surface area (Å²) in [5.41, 5.74) is -4.37. The van der Waals surface area contributed by atoms with Crippen molar-refractivity contribution in [2.24, 2.45) is 4.99 Å². The minimum Gasteiger partial charge on any atom is -0.481 e. The highest BCUT2D eigenvalue weighted by Crippen LogP contribution is 2.28. The van der Waals surface area contributed by atoms with Crippen LogP contribution in [0.3, 0.4) is 0 Å². The zero-order valence-corrected chi connectivity index (χ0v) is 18.5. The second-order valence-electron chi connectivity index (χ2n) is 5.90. The van der Waals surface area contributed by atoms with Crippen molar-refractivity contribution >= 4 is 40.0 Å². The van der Waals surface area contributed by atoms with E-state index in [-0.39, 0.29) is 55.9 Å². The van der Waals surface area contributed by atoms with Gasteiger partial charge in [-0.3, -0.25) is 4.99 Å². The van der Waals surface area contributed by atoms with Gasteiger partial charge in [0.05, 0.1) is 7.11 Å². The maximum Gasteiger partial charge on any atom is 0.511 e. The lowest BCUT2D eigenvalue weighted by molar-refractivity contribution is -0.0494. The average molecular weight is 537 g/mol. The van der Waals surface area contributed by atoms with Gasteiger partial charge in [0.1, 0.15) is 0 Å². The predicted molar refractivity (Wildman–Crippen MR) is 109 cm³/mol. The lowest BCUT2D eigenvalue weighted by atomic mass is 10.1. The Kier molecular flexibility index (Phi) is 9.20. The Morgan fingerprint density at radius 2 is 2.00 bits per heavy atom. The number of pyridine rings is 1. The molecule has 2 heterocycles. The van der Waals surface area contributed by atoms with Crippen molar-refractivity contribution in [1.29, 1.82) is 0 Å². The molecule has 0 radical (unpaired) electrons. The first-order valence-electron chi connectivity index (χ1n) is 8.20. The summed E-state index contributed by atoms with van der Waals surface area (Å²) in [6.07, 6.45) is 2.15. The number of aromatic nitrogens is 1. The van der Waals surface area contributed by atoms with Gasteiger partial charge in [-0.15, -0.1) is 24.0 Å². The largest absolute Gasteiger partial charge is 0.511 e. The zero-order valence-electron chi connectivity index (χ0n) is 15.4. The molecule has 8 nitrogen and oxygen atoms in total. The van der Waals surface area contributed by atoms with Crippen molar-refractivity contribution in [3.8, 4) is 5.88 Å². The molecule has 1 fully saturated rings. The molecule has 0 saturated carbocycles. The first-order valence-corrected chi connectivity index (χ1v) is 9.64. The maximum atomic E-state index is 12.6. The normalized spacial score (nSPS) is 17.0. The van der Waals surface area contributed by atoms with Gasteiger partial charge in [-0.25, -0.2) is 13.4 Å². The summed E-state index contributed by atoms with van der Waals surface area (Å²) in [7, 11) is -2.17. The molecule has 1 aromatic rings. The molecule has 0 amide bonds. The number of halogens is 4. The molecule has 2 rings (SSSR count). The first-order chi connectivity index (χ1) is 12.7. The van der Waals surface area contributed by atoms with Gasteiger partial charge < -0.3 is 15.4 Å². The average Bonchev–Trinajstić information content (AvgIpc) is 2.65. The number of piperidine rings is 1. The van der Waals surface area contributed by atoms with Gasteiger partial charge >= 0.3 is 15.5 Å². The number of ether oxygens (including phenoxy) is 1. The van der Waals surface area contributed by atoms with Crippen LogP contribution in [-0.2, 0) is 16.6 Å². The topological polar surface area (TPSA) is 95.9 Å². The Morgan fingerprint density at radius 3 is 2.46 bits per heavy atom. The van der Waals surface area contributed by atoms with Crippen LogP contribution < -0.4 is 15.4 Å². The quantitative estimate of drug-likeness (QED) is 0.338. The maximum absolute atomic E-state index is 12.6. The van der Waals surface area contributed by atoms with Crippen LogP contribution in [0.15, 0.2) is 23.3 Å². The van der Waals surface area contributed by atoms with Crippen LogP contribution in [0.2, 0.25) is 0 Å². The van der Waals surface area contributed by atoms with E-state index in [1.807, 2.05) is 6.07 Å². The van der Waals surface area contributed by atoms with E-state index in [0.29, 0.717) is 22.7 Å². The van der Waals surface area contributed by atoms with Gasteiger partial charge in [-0.05, 0) is 18.4 Å². The van der Waals surface area contributed by atoms with Crippen LogP contribution in [0.4, 0.5) is 13.2 Å². The third-order valence-corrected chi connectivity index (χ3v) is 5.75. The SMILES string of the molecule is CN=C(NCc1ccc(OC)nc1)NC1CCN(S(=O)(=O)C(F)(F)F)CC1.I. The number of hydrogen-bond acceptors (Lipinski definition) is 5. The van der Waals surface area contributed by atoms with Gasteiger partial charge in [0.15, 0.2) is 5.96 Å². The molecule has 28 heavy (non-hydrogen) atoms. The number of aliphatic imine (C=N–C) groups is 1. The second kappa shape index (κ2) is 10.4. The molecule has 1 aliphatic rings. The number of sulfonamides is 1. The summed E-state index contributed by atoms with van der Waals surface area (Å²) < 4.78 is 66.1. The van der Waals surface area contributed by atoms with Crippen LogP contribution >= 0.6 is 24.0 Å². The fourth-order valence-electron chi connectivity index (χ4n) is 2.60. The van der Waals surface area contributed by atoms with Gasteiger partial charge in [0.2, 0.25) is 5.88 Å². The Balaban J connectivity index is 0.00000392. The molecule has 0 aliphatic carbocycles. The number of rotatable bonds is 5. The van der Waals surface area contributed by atoms with E-state index < -0.39 is 15.5 Å². The summed E-state index contributed by atoms with van der Waals surface area (Å²) in [6, 6.07) is 3.39. The van der Waals surface area contributed by atoms with E-state index in [9.17, 15) is 21.6 Å². The number of nitrogens with one attached hydrogen (secondary N) is 2. The van der Waals surface area contributed by atoms with Crippen LogP contribution in [0.25, 0.3) is 0 Å². The van der Waals surface area contributed by atoms with Crippen molar-refractivity contribution in [2.75, 3.05) is 27.2 Å². The third-order valence-electron chi connectivity index (χ3n) is 4.12. The van der Waals surface area contributed by atoms with Crippen molar-refractivity contribution in [1.82, 2.24) is 19.9 Å². The molecule has 0 unspecified atom stereocenters. The van der Waals surface area contributed by atoms with E-state index >= 15 is 0 Å². The van der Waals surface area contributed by atoms with E-state index in [1.165, 1.54) is 7.11 Å². The van der Waals surface area contributed by atoms with Gasteiger partial charge in [0.25, 0.3) is 0 Å². The predicted octanol–water partition coefficient (Wildman–Crippen LogP) is 1.69. The molecule has 1 saturated heterocycles. The van der Waals surface area contributed by atoms with Crippen molar-refractivity contribution in [3.63, 3.8) is 0 Å². The fourth-order valence-corrected chi connectivity index (χ4v) is 3.58. The second-order valence-corrected chi connectivity index (χ2v) is 7.83. The molecule has 160 valence electrons. The number of methoxy groups -OCH3 is 1. The molecule has 0 aromatic carbocycles. The number of nitrogens with zero attached hydrogens (tertiary/aromatic N) is 3. The summed E-state index contributed by atoms with van der Waals surface area (Å²) in [5, 5.41) is 6.18. The number of alkyl halides is 3. The third kappa shape index (κ3) is 6.34. The number of hydrogen-bond donors (Lipinski definition) is 2. The molecule has 1 aliphatic heterocycles. The lowest BCUT2D eigenvalue weighted by Gasteiger charge is -2.32. The Bertz CT molecular complexity index is 751. The van der Waals surface area contributed by atoms with Crippen LogP contribution in [0.1, 0.15) is 18.4 Å². The molecule has 0 atom stereocenters. The smallest absolute Gasteiger partial charge is 0.481 e. The lowest BCUT2D eigenvalue weighted by Crippen LogP contribution is -2.51. The zero-order chi connectivity index (χ0) is 20.1. The van der Waals surface area contributed by atoms with Crippen molar-refractivity contribution in [3.05, 3.63) is 23.9 Å². The fraction of sp³-hybridized carbons (Fsp3) is 0.600. The van der Waals surface area contributed by atoms with Gasteiger partial charge in [0, 0.05) is 45.0 Å². The highest BCUT2D eigenvalue weighted by atomic mass is 127. The monoisotopic (exact) mass is 537 g/mol. The first kappa shape index (κ1) is 24.7. The Labute approximate surface area is 179 Å². The van der Waals surface area contributed by atoms with E-state index in [1.54, 1.807) is 19.3 Å². The molecule has 13 heteroatoms. The van der Waals surface area contributed by atoms with Crippen molar-refractivity contribution < 1.29 is 26.3 Å². The summed E-state index contributed by atoms with van der Waals surface area (Å²) in [6.45, 7) is 0.0514. The molecule has 0 bridgehead atoms. The van der Waals surface area contributed by atoms with E-state index in [0.717, 1.165) is 5.56 Å². The Morgan fingerprint density at radius 1 is 1.36 bits per heavy atom. The minimum atomic E-state index is -5.27.